The van der Waals surface area contributed by atoms with E-state index in [1.54, 1.807) is 0 Å². The monoisotopic (exact) mass is 258 g/mol. The Hall–Kier alpha value is -0.820. The highest BCUT2D eigenvalue weighted by Crippen LogP contribution is 2.57. The molecule has 3 rings (SSSR count). The zero-order valence-corrected chi connectivity index (χ0v) is 12.0. The average molecular weight is 258 g/mol. The summed E-state index contributed by atoms with van der Waals surface area (Å²) < 4.78 is 0. The molecular formula is C18H26O. The first-order chi connectivity index (χ1) is 9.23. The SMILES string of the molecule is CCC1CCCC(O)(C2CC2c2ccccc2)CC1. The minimum Gasteiger partial charge on any atom is -0.390 e. The largest absolute Gasteiger partial charge is 0.390 e. The van der Waals surface area contributed by atoms with Crippen LogP contribution in [0.15, 0.2) is 30.3 Å². The van der Waals surface area contributed by atoms with E-state index in [1.165, 1.54) is 37.7 Å². The van der Waals surface area contributed by atoms with E-state index in [0.717, 1.165) is 18.8 Å². The third-order valence-electron chi connectivity index (χ3n) is 5.49. The predicted octanol–water partition coefficient (Wildman–Crippen LogP) is 4.51. The molecular weight excluding hydrogens is 232 g/mol. The molecule has 19 heavy (non-hydrogen) atoms. The molecule has 0 radical (unpaired) electrons. The Kier molecular flexibility index (Phi) is 3.66. The van der Waals surface area contributed by atoms with Gasteiger partial charge in [0.05, 0.1) is 5.60 Å². The summed E-state index contributed by atoms with van der Waals surface area (Å²) in [4.78, 5) is 0. The van der Waals surface area contributed by atoms with Crippen LogP contribution < -0.4 is 0 Å². The molecule has 1 N–H and O–H groups in total. The van der Waals surface area contributed by atoms with Crippen molar-refractivity contribution in [3.8, 4) is 0 Å². The van der Waals surface area contributed by atoms with Crippen molar-refractivity contribution < 1.29 is 5.11 Å². The van der Waals surface area contributed by atoms with Crippen LogP contribution in [-0.2, 0) is 0 Å². The fourth-order valence-corrected chi connectivity index (χ4v) is 4.06. The lowest BCUT2D eigenvalue weighted by atomic mass is 9.86. The molecule has 0 heterocycles. The molecule has 0 aliphatic heterocycles. The summed E-state index contributed by atoms with van der Waals surface area (Å²) in [6.45, 7) is 2.29. The van der Waals surface area contributed by atoms with Gasteiger partial charge in [-0.05, 0) is 49.0 Å². The molecule has 2 aliphatic rings. The van der Waals surface area contributed by atoms with E-state index in [0.29, 0.717) is 11.8 Å². The first-order valence-corrected chi connectivity index (χ1v) is 8.00. The molecule has 4 atom stereocenters. The molecule has 0 bridgehead atoms. The summed E-state index contributed by atoms with van der Waals surface area (Å²) in [7, 11) is 0. The van der Waals surface area contributed by atoms with E-state index >= 15 is 0 Å². The summed E-state index contributed by atoms with van der Waals surface area (Å²) >= 11 is 0. The van der Waals surface area contributed by atoms with Gasteiger partial charge >= 0.3 is 0 Å². The minimum atomic E-state index is -0.371. The predicted molar refractivity (Wildman–Crippen MR) is 79.1 cm³/mol. The molecule has 1 aromatic rings. The molecule has 1 heteroatoms. The van der Waals surface area contributed by atoms with Crippen molar-refractivity contribution in [2.75, 3.05) is 0 Å². The zero-order chi connectivity index (χ0) is 13.3. The highest BCUT2D eigenvalue weighted by Gasteiger charge is 2.52. The summed E-state index contributed by atoms with van der Waals surface area (Å²) in [6.07, 6.45) is 8.29. The Morgan fingerprint density at radius 3 is 2.68 bits per heavy atom. The van der Waals surface area contributed by atoms with Gasteiger partial charge in [-0.25, -0.2) is 0 Å². The molecule has 2 aliphatic carbocycles. The standard InChI is InChI=1S/C18H26O/c1-2-14-7-6-11-18(19,12-10-14)17-13-16(17)15-8-4-3-5-9-15/h3-5,8-9,14,16-17,19H,2,6-7,10-13H2,1H3. The van der Waals surface area contributed by atoms with Gasteiger partial charge in [-0.3, -0.25) is 0 Å². The maximum Gasteiger partial charge on any atom is 0.0682 e. The average Bonchev–Trinajstić information content (AvgIpc) is 3.24. The minimum absolute atomic E-state index is 0.371. The van der Waals surface area contributed by atoms with Gasteiger partial charge in [0.1, 0.15) is 0 Å². The van der Waals surface area contributed by atoms with Crippen molar-refractivity contribution in [2.45, 2.75) is 63.4 Å². The summed E-state index contributed by atoms with van der Waals surface area (Å²) in [5, 5.41) is 11.0. The molecule has 0 saturated heterocycles. The van der Waals surface area contributed by atoms with Crippen LogP contribution in [0.25, 0.3) is 0 Å². The molecule has 2 fully saturated rings. The van der Waals surface area contributed by atoms with Crippen LogP contribution in [0.5, 0.6) is 0 Å². The molecule has 0 aromatic heterocycles. The Morgan fingerprint density at radius 1 is 1.16 bits per heavy atom. The van der Waals surface area contributed by atoms with Crippen LogP contribution in [0.2, 0.25) is 0 Å². The number of aliphatic hydroxyl groups is 1. The first kappa shape index (κ1) is 13.2. The number of hydrogen-bond donors (Lipinski definition) is 1. The lowest BCUT2D eigenvalue weighted by Crippen LogP contribution is -2.31. The fraction of sp³-hybridized carbons (Fsp3) is 0.667. The Balaban J connectivity index is 1.66. The van der Waals surface area contributed by atoms with Crippen LogP contribution in [0.3, 0.4) is 0 Å². The molecule has 2 saturated carbocycles. The summed E-state index contributed by atoms with van der Waals surface area (Å²) in [5.74, 6) is 1.98. The lowest BCUT2D eigenvalue weighted by molar-refractivity contribution is -0.000114. The van der Waals surface area contributed by atoms with Crippen molar-refractivity contribution in [1.29, 1.82) is 0 Å². The van der Waals surface area contributed by atoms with Gasteiger partial charge in [0.2, 0.25) is 0 Å². The topological polar surface area (TPSA) is 20.2 Å². The highest BCUT2D eigenvalue weighted by atomic mass is 16.3. The third-order valence-corrected chi connectivity index (χ3v) is 5.49. The van der Waals surface area contributed by atoms with Gasteiger partial charge in [0, 0.05) is 0 Å². The molecule has 4 unspecified atom stereocenters. The number of rotatable bonds is 3. The zero-order valence-electron chi connectivity index (χ0n) is 12.0. The lowest BCUT2D eigenvalue weighted by Gasteiger charge is -2.27. The molecule has 104 valence electrons. The molecule has 1 aromatic carbocycles. The summed E-state index contributed by atoms with van der Waals surface area (Å²) in [5.41, 5.74) is 1.06. The van der Waals surface area contributed by atoms with E-state index in [9.17, 15) is 5.11 Å². The Morgan fingerprint density at radius 2 is 1.95 bits per heavy atom. The maximum atomic E-state index is 11.0. The third kappa shape index (κ3) is 2.72. The van der Waals surface area contributed by atoms with E-state index < -0.39 is 0 Å². The van der Waals surface area contributed by atoms with Crippen molar-refractivity contribution >= 4 is 0 Å². The van der Waals surface area contributed by atoms with E-state index in [4.69, 9.17) is 0 Å². The van der Waals surface area contributed by atoms with Gasteiger partial charge in [0.15, 0.2) is 0 Å². The number of hydrogen-bond acceptors (Lipinski definition) is 1. The quantitative estimate of drug-likeness (QED) is 0.791. The second kappa shape index (κ2) is 5.28. The van der Waals surface area contributed by atoms with E-state index in [1.807, 2.05) is 0 Å². The van der Waals surface area contributed by atoms with Crippen LogP contribution >= 0.6 is 0 Å². The van der Waals surface area contributed by atoms with E-state index in [-0.39, 0.29) is 5.60 Å². The van der Waals surface area contributed by atoms with Crippen LogP contribution in [-0.4, -0.2) is 10.7 Å². The van der Waals surface area contributed by atoms with Gasteiger partial charge < -0.3 is 5.11 Å². The fourth-order valence-electron chi connectivity index (χ4n) is 4.06. The van der Waals surface area contributed by atoms with Crippen molar-refractivity contribution in [3.05, 3.63) is 35.9 Å². The first-order valence-electron chi connectivity index (χ1n) is 8.00. The van der Waals surface area contributed by atoms with Gasteiger partial charge in [-0.15, -0.1) is 0 Å². The molecule has 0 spiro atoms. The van der Waals surface area contributed by atoms with Gasteiger partial charge in [0.25, 0.3) is 0 Å². The van der Waals surface area contributed by atoms with Gasteiger partial charge in [-0.2, -0.15) is 0 Å². The normalized spacial score (nSPS) is 38.7. The van der Waals surface area contributed by atoms with Crippen LogP contribution in [0.4, 0.5) is 0 Å². The van der Waals surface area contributed by atoms with Crippen LogP contribution in [0, 0.1) is 11.8 Å². The molecule has 0 amide bonds. The summed E-state index contributed by atoms with van der Waals surface area (Å²) in [6, 6.07) is 10.8. The second-order valence-corrected chi connectivity index (χ2v) is 6.67. The maximum absolute atomic E-state index is 11.0. The molecule has 1 nitrogen and oxygen atoms in total. The van der Waals surface area contributed by atoms with E-state index in [2.05, 4.69) is 37.3 Å². The smallest absolute Gasteiger partial charge is 0.0682 e. The van der Waals surface area contributed by atoms with Crippen molar-refractivity contribution in [3.63, 3.8) is 0 Å². The highest BCUT2D eigenvalue weighted by molar-refractivity contribution is 5.27. The van der Waals surface area contributed by atoms with Crippen LogP contribution in [0.1, 0.15) is 63.4 Å². The number of benzene rings is 1. The van der Waals surface area contributed by atoms with Gasteiger partial charge in [-0.1, -0.05) is 56.5 Å². The Labute approximate surface area is 117 Å². The second-order valence-electron chi connectivity index (χ2n) is 6.67. The van der Waals surface area contributed by atoms with Crippen molar-refractivity contribution in [1.82, 2.24) is 0 Å². The van der Waals surface area contributed by atoms with Crippen molar-refractivity contribution in [2.24, 2.45) is 11.8 Å². The Bertz CT molecular complexity index is 413.